The molecule has 2 rings (SSSR count). The highest BCUT2D eigenvalue weighted by molar-refractivity contribution is 5.30. The second-order valence-electron chi connectivity index (χ2n) is 5.33. The van der Waals surface area contributed by atoms with Crippen LogP contribution in [0.1, 0.15) is 16.7 Å². The number of likely N-dealkylation sites (N-methyl/N-ethyl adjacent to an activating group) is 1. The van der Waals surface area contributed by atoms with Crippen LogP contribution in [-0.4, -0.2) is 25.1 Å². The average Bonchev–Trinajstić information content (AvgIpc) is 2.44. The van der Waals surface area contributed by atoms with E-state index in [4.69, 9.17) is 4.74 Å². The van der Waals surface area contributed by atoms with Gasteiger partial charge in [-0.2, -0.15) is 0 Å². The Morgan fingerprint density at radius 3 is 2.50 bits per heavy atom. The van der Waals surface area contributed by atoms with E-state index in [0.29, 0.717) is 6.61 Å². The topological polar surface area (TPSA) is 12.5 Å². The molecule has 0 heterocycles. The van der Waals surface area contributed by atoms with Gasteiger partial charge in [0.2, 0.25) is 0 Å². The minimum absolute atomic E-state index is 0.714. The number of nitrogens with zero attached hydrogens (tertiary/aromatic N) is 1. The summed E-state index contributed by atoms with van der Waals surface area (Å²) < 4.78 is 5.73. The van der Waals surface area contributed by atoms with E-state index in [1.54, 1.807) is 0 Å². The third-order valence-electron chi connectivity index (χ3n) is 3.43. The van der Waals surface area contributed by atoms with Crippen molar-refractivity contribution < 1.29 is 4.74 Å². The molecule has 2 aromatic rings. The Kier molecular flexibility index (Phi) is 5.19. The van der Waals surface area contributed by atoms with Gasteiger partial charge in [0.25, 0.3) is 0 Å². The second-order valence-corrected chi connectivity index (χ2v) is 5.33. The van der Waals surface area contributed by atoms with Crippen molar-refractivity contribution >= 4 is 0 Å². The number of benzene rings is 2. The standard InChI is InChI=1S/C18H23NO/c1-15-9-10-16(2)17(13-15)14-19(3)11-12-20-18-7-5-4-6-8-18/h4-10,13H,11-12,14H2,1-3H3. The monoisotopic (exact) mass is 269 g/mol. The van der Waals surface area contributed by atoms with Gasteiger partial charge in [0.1, 0.15) is 12.4 Å². The van der Waals surface area contributed by atoms with Crippen molar-refractivity contribution in [3.05, 3.63) is 65.2 Å². The zero-order chi connectivity index (χ0) is 14.4. The van der Waals surface area contributed by atoms with Crippen molar-refractivity contribution in [3.63, 3.8) is 0 Å². The Labute approximate surface area is 122 Å². The van der Waals surface area contributed by atoms with E-state index in [-0.39, 0.29) is 0 Å². The Hall–Kier alpha value is -1.80. The van der Waals surface area contributed by atoms with Crippen LogP contribution >= 0.6 is 0 Å². The fraction of sp³-hybridized carbons (Fsp3) is 0.333. The summed E-state index contributed by atoms with van der Waals surface area (Å²) in [4.78, 5) is 2.30. The molecule has 0 unspecified atom stereocenters. The lowest BCUT2D eigenvalue weighted by atomic mass is 10.1. The molecular formula is C18H23NO. The van der Waals surface area contributed by atoms with Crippen LogP contribution in [0.25, 0.3) is 0 Å². The largest absolute Gasteiger partial charge is 0.492 e. The van der Waals surface area contributed by atoms with E-state index in [1.165, 1.54) is 16.7 Å². The van der Waals surface area contributed by atoms with Crippen LogP contribution in [-0.2, 0) is 6.54 Å². The van der Waals surface area contributed by atoms with Crippen LogP contribution in [0.5, 0.6) is 5.75 Å². The fourth-order valence-corrected chi connectivity index (χ4v) is 2.18. The molecule has 0 N–H and O–H groups in total. The van der Waals surface area contributed by atoms with Gasteiger partial charge in [0.05, 0.1) is 0 Å². The highest BCUT2D eigenvalue weighted by atomic mass is 16.5. The minimum atomic E-state index is 0.714. The van der Waals surface area contributed by atoms with Gasteiger partial charge in [-0.1, -0.05) is 42.0 Å². The first-order valence-electron chi connectivity index (χ1n) is 7.07. The Morgan fingerprint density at radius 2 is 1.75 bits per heavy atom. The first-order chi connectivity index (χ1) is 9.65. The van der Waals surface area contributed by atoms with Crippen LogP contribution in [0, 0.1) is 13.8 Å². The molecule has 0 aliphatic rings. The lowest BCUT2D eigenvalue weighted by molar-refractivity contribution is 0.232. The van der Waals surface area contributed by atoms with Gasteiger partial charge in [-0.05, 0) is 44.2 Å². The van der Waals surface area contributed by atoms with Crippen molar-refractivity contribution in [2.24, 2.45) is 0 Å². The van der Waals surface area contributed by atoms with Gasteiger partial charge in [0.15, 0.2) is 0 Å². The Morgan fingerprint density at radius 1 is 1.00 bits per heavy atom. The van der Waals surface area contributed by atoms with Crippen LogP contribution in [0.3, 0.4) is 0 Å². The van der Waals surface area contributed by atoms with Crippen molar-refractivity contribution in [3.8, 4) is 5.75 Å². The molecule has 0 bridgehead atoms. The Balaban J connectivity index is 1.80. The van der Waals surface area contributed by atoms with E-state index in [0.717, 1.165) is 18.8 Å². The molecule has 0 saturated heterocycles. The van der Waals surface area contributed by atoms with Crippen molar-refractivity contribution in [1.29, 1.82) is 0 Å². The number of para-hydroxylation sites is 1. The predicted molar refractivity (Wildman–Crippen MR) is 84.2 cm³/mol. The van der Waals surface area contributed by atoms with Gasteiger partial charge in [-0.15, -0.1) is 0 Å². The smallest absolute Gasteiger partial charge is 0.119 e. The lowest BCUT2D eigenvalue weighted by Crippen LogP contribution is -2.24. The third kappa shape index (κ3) is 4.39. The molecule has 0 atom stereocenters. The summed E-state index contributed by atoms with van der Waals surface area (Å²) >= 11 is 0. The first kappa shape index (κ1) is 14.6. The highest BCUT2D eigenvalue weighted by Crippen LogP contribution is 2.13. The normalized spacial score (nSPS) is 10.8. The van der Waals surface area contributed by atoms with Crippen LogP contribution in [0.4, 0.5) is 0 Å². The summed E-state index contributed by atoms with van der Waals surface area (Å²) in [5, 5.41) is 0. The molecule has 2 heteroatoms. The summed E-state index contributed by atoms with van der Waals surface area (Å²) in [7, 11) is 2.14. The summed E-state index contributed by atoms with van der Waals surface area (Å²) in [6.45, 7) is 6.91. The number of ether oxygens (including phenoxy) is 1. The van der Waals surface area contributed by atoms with E-state index >= 15 is 0 Å². The SMILES string of the molecule is Cc1ccc(C)c(CN(C)CCOc2ccccc2)c1. The maximum atomic E-state index is 5.73. The van der Waals surface area contributed by atoms with Gasteiger partial charge in [-0.3, -0.25) is 4.90 Å². The van der Waals surface area contributed by atoms with Gasteiger partial charge >= 0.3 is 0 Å². The van der Waals surface area contributed by atoms with Gasteiger partial charge < -0.3 is 4.74 Å². The van der Waals surface area contributed by atoms with E-state index in [9.17, 15) is 0 Å². The van der Waals surface area contributed by atoms with E-state index in [1.807, 2.05) is 30.3 Å². The van der Waals surface area contributed by atoms with Crippen LogP contribution in [0.15, 0.2) is 48.5 Å². The van der Waals surface area contributed by atoms with Crippen LogP contribution in [0.2, 0.25) is 0 Å². The maximum absolute atomic E-state index is 5.73. The number of aryl methyl sites for hydroxylation is 2. The molecule has 0 spiro atoms. The predicted octanol–water partition coefficient (Wildman–Crippen LogP) is 3.81. The van der Waals surface area contributed by atoms with Crippen LogP contribution < -0.4 is 4.74 Å². The Bertz CT molecular complexity index is 536. The number of rotatable bonds is 6. The molecule has 2 aromatic carbocycles. The molecule has 0 radical (unpaired) electrons. The van der Waals surface area contributed by atoms with Crippen molar-refractivity contribution in [2.45, 2.75) is 20.4 Å². The van der Waals surface area contributed by atoms with Gasteiger partial charge in [-0.25, -0.2) is 0 Å². The van der Waals surface area contributed by atoms with Crippen molar-refractivity contribution in [2.75, 3.05) is 20.2 Å². The summed E-state index contributed by atoms with van der Waals surface area (Å²) in [5.41, 5.74) is 4.07. The van der Waals surface area contributed by atoms with Crippen molar-refractivity contribution in [1.82, 2.24) is 4.90 Å². The zero-order valence-electron chi connectivity index (χ0n) is 12.6. The third-order valence-corrected chi connectivity index (χ3v) is 3.43. The second kappa shape index (κ2) is 7.11. The molecular weight excluding hydrogens is 246 g/mol. The number of hydrogen-bond acceptors (Lipinski definition) is 2. The summed E-state index contributed by atoms with van der Waals surface area (Å²) in [6, 6.07) is 16.6. The molecule has 0 aliphatic heterocycles. The molecule has 20 heavy (non-hydrogen) atoms. The first-order valence-corrected chi connectivity index (χ1v) is 7.07. The molecule has 0 saturated carbocycles. The molecule has 106 valence electrons. The molecule has 0 aliphatic carbocycles. The maximum Gasteiger partial charge on any atom is 0.119 e. The summed E-state index contributed by atoms with van der Waals surface area (Å²) in [5.74, 6) is 0.938. The molecule has 0 fully saturated rings. The van der Waals surface area contributed by atoms with E-state index in [2.05, 4.69) is 44.0 Å². The summed E-state index contributed by atoms with van der Waals surface area (Å²) in [6.07, 6.45) is 0. The fourth-order valence-electron chi connectivity index (χ4n) is 2.18. The molecule has 2 nitrogen and oxygen atoms in total. The lowest BCUT2D eigenvalue weighted by Gasteiger charge is -2.18. The quantitative estimate of drug-likeness (QED) is 0.790. The highest BCUT2D eigenvalue weighted by Gasteiger charge is 2.04. The zero-order valence-corrected chi connectivity index (χ0v) is 12.6. The number of hydrogen-bond donors (Lipinski definition) is 0. The van der Waals surface area contributed by atoms with E-state index < -0.39 is 0 Å². The van der Waals surface area contributed by atoms with Gasteiger partial charge in [0, 0.05) is 13.1 Å². The average molecular weight is 269 g/mol. The molecule has 0 amide bonds. The molecule has 0 aromatic heterocycles. The minimum Gasteiger partial charge on any atom is -0.492 e.